The van der Waals surface area contributed by atoms with Crippen molar-refractivity contribution >= 4 is 0 Å². The van der Waals surface area contributed by atoms with E-state index in [9.17, 15) is 13.2 Å². The minimum atomic E-state index is -1.99. The largest absolute Gasteiger partial charge is 0.352 e. The summed E-state index contributed by atoms with van der Waals surface area (Å²) in [7, 11) is 0. The number of hydrogen-bond acceptors (Lipinski definition) is 2. The summed E-state index contributed by atoms with van der Waals surface area (Å²) in [6.07, 6.45) is -6.05. The van der Waals surface area contributed by atoms with Gasteiger partial charge in [0.1, 0.15) is 12.3 Å². The topological polar surface area (TPSA) is 18.5 Å². The molecule has 0 aromatic rings. The molecule has 0 aromatic carbocycles. The zero-order valence-electron chi connectivity index (χ0n) is 9.24. The van der Waals surface area contributed by atoms with Crippen LogP contribution in [0.4, 0.5) is 13.2 Å². The molecule has 1 saturated carbocycles. The van der Waals surface area contributed by atoms with Crippen LogP contribution < -0.4 is 0 Å². The van der Waals surface area contributed by atoms with E-state index in [0.717, 1.165) is 0 Å². The van der Waals surface area contributed by atoms with Gasteiger partial charge in [0, 0.05) is 11.8 Å². The Labute approximate surface area is 93.1 Å². The molecule has 1 heterocycles. The number of halogens is 3. The molecule has 1 aliphatic carbocycles. The standard InChI is InChI=1S/C11H17F3O2/c1-6-4-15-11(16-5-6)7-2-8(12)10(14)9(13)3-7/h6-11H,2-5H2,1H3. The number of alkyl halides is 3. The van der Waals surface area contributed by atoms with E-state index >= 15 is 0 Å². The van der Waals surface area contributed by atoms with Gasteiger partial charge in [0.2, 0.25) is 0 Å². The number of ether oxygens (including phenoxy) is 2. The Morgan fingerprint density at radius 2 is 1.44 bits per heavy atom. The molecule has 2 aliphatic rings. The number of rotatable bonds is 1. The Kier molecular flexibility index (Phi) is 3.74. The summed E-state index contributed by atoms with van der Waals surface area (Å²) in [4.78, 5) is 0. The maximum Gasteiger partial charge on any atom is 0.162 e. The summed E-state index contributed by atoms with van der Waals surface area (Å²) in [5.74, 6) is -0.0689. The predicted octanol–water partition coefficient (Wildman–Crippen LogP) is 2.42. The maximum absolute atomic E-state index is 13.2. The van der Waals surface area contributed by atoms with Crippen molar-refractivity contribution in [1.29, 1.82) is 0 Å². The smallest absolute Gasteiger partial charge is 0.162 e. The first kappa shape index (κ1) is 12.2. The SMILES string of the molecule is CC1COC(C2CC(F)C(F)C(F)C2)OC1. The van der Waals surface area contributed by atoms with E-state index in [1.54, 1.807) is 0 Å². The van der Waals surface area contributed by atoms with Crippen LogP contribution in [0, 0.1) is 11.8 Å². The van der Waals surface area contributed by atoms with E-state index in [2.05, 4.69) is 0 Å². The molecule has 2 fully saturated rings. The van der Waals surface area contributed by atoms with E-state index in [-0.39, 0.29) is 18.8 Å². The Morgan fingerprint density at radius 3 is 1.94 bits per heavy atom. The van der Waals surface area contributed by atoms with Crippen LogP contribution in [0.5, 0.6) is 0 Å². The first-order valence-electron chi connectivity index (χ1n) is 5.73. The molecule has 2 nitrogen and oxygen atoms in total. The van der Waals surface area contributed by atoms with Gasteiger partial charge in [-0.15, -0.1) is 0 Å². The minimum absolute atomic E-state index is 0.0133. The van der Waals surface area contributed by atoms with Crippen LogP contribution in [0.15, 0.2) is 0 Å². The Hall–Kier alpha value is -0.290. The first-order valence-corrected chi connectivity index (χ1v) is 5.73. The van der Waals surface area contributed by atoms with Gasteiger partial charge in [-0.05, 0) is 12.8 Å². The summed E-state index contributed by atoms with van der Waals surface area (Å²) in [5, 5.41) is 0. The van der Waals surface area contributed by atoms with Crippen LogP contribution in [0.3, 0.4) is 0 Å². The van der Waals surface area contributed by atoms with E-state index in [1.807, 2.05) is 6.92 Å². The van der Waals surface area contributed by atoms with Crippen molar-refractivity contribution < 1.29 is 22.6 Å². The third-order valence-electron chi connectivity index (χ3n) is 3.22. The zero-order valence-corrected chi connectivity index (χ0v) is 9.24. The maximum atomic E-state index is 13.2. The monoisotopic (exact) mass is 238 g/mol. The normalized spacial score (nSPS) is 50.2. The van der Waals surface area contributed by atoms with Crippen molar-refractivity contribution in [3.05, 3.63) is 0 Å². The van der Waals surface area contributed by atoms with Gasteiger partial charge in [-0.3, -0.25) is 0 Å². The lowest BCUT2D eigenvalue weighted by atomic mass is 9.85. The second kappa shape index (κ2) is 4.92. The Bertz CT molecular complexity index is 219. The number of hydrogen-bond donors (Lipinski definition) is 0. The fourth-order valence-electron chi connectivity index (χ4n) is 2.27. The summed E-state index contributed by atoms with van der Waals surface area (Å²) in [5.41, 5.74) is 0. The molecule has 2 atom stereocenters. The molecule has 0 aromatic heterocycles. The van der Waals surface area contributed by atoms with Gasteiger partial charge in [-0.2, -0.15) is 0 Å². The van der Waals surface area contributed by atoms with Crippen LogP contribution in [0.2, 0.25) is 0 Å². The molecule has 1 saturated heterocycles. The second-order valence-corrected chi connectivity index (χ2v) is 4.85. The van der Waals surface area contributed by atoms with E-state index in [4.69, 9.17) is 9.47 Å². The molecule has 0 spiro atoms. The van der Waals surface area contributed by atoms with Gasteiger partial charge < -0.3 is 9.47 Å². The lowest BCUT2D eigenvalue weighted by Gasteiger charge is -2.37. The minimum Gasteiger partial charge on any atom is -0.352 e. The van der Waals surface area contributed by atoms with Crippen molar-refractivity contribution in [3.8, 4) is 0 Å². The zero-order chi connectivity index (χ0) is 11.7. The van der Waals surface area contributed by atoms with Crippen LogP contribution in [-0.4, -0.2) is 38.0 Å². The van der Waals surface area contributed by atoms with Crippen molar-refractivity contribution in [1.82, 2.24) is 0 Å². The van der Waals surface area contributed by atoms with E-state index in [1.165, 1.54) is 0 Å². The summed E-state index contributed by atoms with van der Waals surface area (Å²) in [6, 6.07) is 0. The van der Waals surface area contributed by atoms with Crippen molar-refractivity contribution in [3.63, 3.8) is 0 Å². The molecule has 0 N–H and O–H groups in total. The van der Waals surface area contributed by atoms with E-state index in [0.29, 0.717) is 19.1 Å². The first-order chi connectivity index (χ1) is 7.58. The quantitative estimate of drug-likeness (QED) is 0.698. The van der Waals surface area contributed by atoms with Gasteiger partial charge >= 0.3 is 0 Å². The molecule has 2 rings (SSSR count). The molecular weight excluding hydrogens is 221 g/mol. The molecule has 94 valence electrons. The summed E-state index contributed by atoms with van der Waals surface area (Å²) < 4.78 is 50.1. The van der Waals surface area contributed by atoms with Gasteiger partial charge in [0.25, 0.3) is 0 Å². The Balaban J connectivity index is 1.90. The lowest BCUT2D eigenvalue weighted by Crippen LogP contribution is -2.45. The Morgan fingerprint density at radius 1 is 0.938 bits per heavy atom. The fraction of sp³-hybridized carbons (Fsp3) is 1.00. The third-order valence-corrected chi connectivity index (χ3v) is 3.22. The lowest BCUT2D eigenvalue weighted by molar-refractivity contribution is -0.233. The molecule has 0 radical (unpaired) electrons. The highest BCUT2D eigenvalue weighted by Crippen LogP contribution is 2.35. The molecule has 1 aliphatic heterocycles. The highest BCUT2D eigenvalue weighted by atomic mass is 19.2. The molecule has 2 unspecified atom stereocenters. The molecule has 0 bridgehead atoms. The highest BCUT2D eigenvalue weighted by Gasteiger charge is 2.43. The summed E-state index contributed by atoms with van der Waals surface area (Å²) >= 11 is 0. The average Bonchev–Trinajstić information content (AvgIpc) is 2.26. The van der Waals surface area contributed by atoms with Gasteiger partial charge in [-0.1, -0.05) is 6.92 Å². The average molecular weight is 238 g/mol. The van der Waals surface area contributed by atoms with Gasteiger partial charge in [0.15, 0.2) is 12.5 Å². The van der Waals surface area contributed by atoms with Crippen LogP contribution >= 0.6 is 0 Å². The molecule has 0 amide bonds. The predicted molar refractivity (Wildman–Crippen MR) is 52.3 cm³/mol. The van der Waals surface area contributed by atoms with Crippen molar-refractivity contribution in [2.24, 2.45) is 11.8 Å². The van der Waals surface area contributed by atoms with Crippen LogP contribution in [-0.2, 0) is 9.47 Å². The fourth-order valence-corrected chi connectivity index (χ4v) is 2.27. The third kappa shape index (κ3) is 2.51. The van der Waals surface area contributed by atoms with E-state index < -0.39 is 24.8 Å². The summed E-state index contributed by atoms with van der Waals surface area (Å²) in [6.45, 7) is 3.05. The van der Waals surface area contributed by atoms with Crippen molar-refractivity contribution in [2.75, 3.05) is 13.2 Å². The van der Waals surface area contributed by atoms with Crippen LogP contribution in [0.25, 0.3) is 0 Å². The van der Waals surface area contributed by atoms with Crippen LogP contribution in [0.1, 0.15) is 19.8 Å². The molecular formula is C11H17F3O2. The molecule has 16 heavy (non-hydrogen) atoms. The highest BCUT2D eigenvalue weighted by molar-refractivity contribution is 4.88. The van der Waals surface area contributed by atoms with Gasteiger partial charge in [-0.25, -0.2) is 13.2 Å². The van der Waals surface area contributed by atoms with Crippen molar-refractivity contribution in [2.45, 2.75) is 44.6 Å². The molecule has 5 heteroatoms. The van der Waals surface area contributed by atoms with Gasteiger partial charge in [0.05, 0.1) is 13.2 Å². The second-order valence-electron chi connectivity index (χ2n) is 4.85.